The third kappa shape index (κ3) is 2.26. The molecule has 0 saturated carbocycles. The molecule has 90 valence electrons. The molecule has 6 heteroatoms. The number of nitrogens with zero attached hydrogens (tertiary/aromatic N) is 5. The molecule has 1 aromatic carbocycles. The van der Waals surface area contributed by atoms with Crippen molar-refractivity contribution < 1.29 is 4.39 Å². The summed E-state index contributed by atoms with van der Waals surface area (Å²) >= 11 is 0. The zero-order valence-electron chi connectivity index (χ0n) is 9.63. The van der Waals surface area contributed by atoms with Gasteiger partial charge in [0.05, 0.1) is 24.5 Å². The molecule has 0 N–H and O–H groups in total. The SMILES string of the molecule is N#Cc1cc(F)ccc1Cn1cnc(C#N)c1C#N. The van der Waals surface area contributed by atoms with Gasteiger partial charge in [-0.15, -0.1) is 0 Å². The Kier molecular flexibility index (Phi) is 3.23. The highest BCUT2D eigenvalue weighted by atomic mass is 19.1. The smallest absolute Gasteiger partial charge is 0.176 e. The van der Waals surface area contributed by atoms with Crippen molar-refractivity contribution in [1.82, 2.24) is 9.55 Å². The highest BCUT2D eigenvalue weighted by molar-refractivity contribution is 5.40. The van der Waals surface area contributed by atoms with Crippen LogP contribution in [0.2, 0.25) is 0 Å². The van der Waals surface area contributed by atoms with Gasteiger partial charge in [0.2, 0.25) is 0 Å². The van der Waals surface area contributed by atoms with E-state index in [9.17, 15) is 4.39 Å². The molecule has 0 spiro atoms. The summed E-state index contributed by atoms with van der Waals surface area (Å²) < 4.78 is 14.5. The largest absolute Gasteiger partial charge is 0.317 e. The monoisotopic (exact) mass is 251 g/mol. The molecule has 0 aliphatic heterocycles. The van der Waals surface area contributed by atoms with Gasteiger partial charge >= 0.3 is 0 Å². The highest BCUT2D eigenvalue weighted by Crippen LogP contribution is 2.14. The molecule has 0 amide bonds. The minimum atomic E-state index is -0.496. The molecule has 0 atom stereocenters. The van der Waals surface area contributed by atoms with E-state index in [0.29, 0.717) is 5.56 Å². The number of hydrogen-bond acceptors (Lipinski definition) is 4. The molecule has 0 fully saturated rings. The van der Waals surface area contributed by atoms with E-state index in [-0.39, 0.29) is 23.5 Å². The van der Waals surface area contributed by atoms with Crippen LogP contribution in [0.3, 0.4) is 0 Å². The molecule has 0 aliphatic carbocycles. The van der Waals surface area contributed by atoms with Gasteiger partial charge in [-0.25, -0.2) is 9.37 Å². The fraction of sp³-hybridized carbons (Fsp3) is 0.0769. The third-order valence-electron chi connectivity index (χ3n) is 2.58. The summed E-state index contributed by atoms with van der Waals surface area (Å²) in [5.74, 6) is -0.496. The Morgan fingerprint density at radius 3 is 2.58 bits per heavy atom. The number of benzene rings is 1. The van der Waals surface area contributed by atoms with Crippen LogP contribution in [0.4, 0.5) is 4.39 Å². The molecule has 5 nitrogen and oxygen atoms in total. The van der Waals surface area contributed by atoms with E-state index in [1.807, 2.05) is 18.2 Å². The van der Waals surface area contributed by atoms with Gasteiger partial charge in [0.1, 0.15) is 18.0 Å². The molecule has 0 bridgehead atoms. The highest BCUT2D eigenvalue weighted by Gasteiger charge is 2.12. The first kappa shape index (κ1) is 12.3. The summed E-state index contributed by atoms with van der Waals surface area (Å²) in [5.41, 5.74) is 0.900. The maximum absolute atomic E-state index is 13.0. The lowest BCUT2D eigenvalue weighted by atomic mass is 10.1. The number of hydrogen-bond donors (Lipinski definition) is 0. The minimum absolute atomic E-state index is 0.0307. The Morgan fingerprint density at radius 1 is 1.16 bits per heavy atom. The maximum Gasteiger partial charge on any atom is 0.176 e. The second-order valence-corrected chi connectivity index (χ2v) is 3.71. The molecular weight excluding hydrogens is 245 g/mol. The Hall–Kier alpha value is -3.17. The summed E-state index contributed by atoms with van der Waals surface area (Å²) in [6.45, 7) is 0.181. The van der Waals surface area contributed by atoms with Gasteiger partial charge in [0.25, 0.3) is 0 Å². The van der Waals surface area contributed by atoms with Crippen LogP contribution in [0.25, 0.3) is 0 Å². The van der Waals surface area contributed by atoms with Gasteiger partial charge in [0, 0.05) is 0 Å². The Labute approximate surface area is 108 Å². The normalized spacial score (nSPS) is 9.37. The Balaban J connectivity index is 2.44. The second kappa shape index (κ2) is 5.00. The van der Waals surface area contributed by atoms with E-state index in [1.165, 1.54) is 23.0 Å². The molecule has 0 unspecified atom stereocenters. The first-order valence-corrected chi connectivity index (χ1v) is 5.23. The van der Waals surface area contributed by atoms with Crippen LogP contribution in [0.15, 0.2) is 24.5 Å². The van der Waals surface area contributed by atoms with Gasteiger partial charge in [-0.1, -0.05) is 6.07 Å². The van der Waals surface area contributed by atoms with Crippen LogP contribution in [0.5, 0.6) is 0 Å². The molecule has 1 heterocycles. The summed E-state index contributed by atoms with van der Waals surface area (Å²) in [5, 5.41) is 26.7. The van der Waals surface area contributed by atoms with Crippen molar-refractivity contribution in [3.05, 3.63) is 52.9 Å². The lowest BCUT2D eigenvalue weighted by molar-refractivity contribution is 0.625. The van der Waals surface area contributed by atoms with Gasteiger partial charge < -0.3 is 4.57 Å². The van der Waals surface area contributed by atoms with Gasteiger partial charge in [-0.05, 0) is 17.7 Å². The summed E-state index contributed by atoms with van der Waals surface area (Å²) in [7, 11) is 0. The van der Waals surface area contributed by atoms with Crippen molar-refractivity contribution in [2.24, 2.45) is 0 Å². The minimum Gasteiger partial charge on any atom is -0.317 e. The van der Waals surface area contributed by atoms with Crippen molar-refractivity contribution in [3.63, 3.8) is 0 Å². The summed E-state index contributed by atoms with van der Waals surface area (Å²) in [4.78, 5) is 3.80. The van der Waals surface area contributed by atoms with Crippen molar-refractivity contribution in [1.29, 1.82) is 15.8 Å². The van der Waals surface area contributed by atoms with Gasteiger partial charge in [-0.2, -0.15) is 15.8 Å². The number of aromatic nitrogens is 2. The molecule has 2 rings (SSSR count). The second-order valence-electron chi connectivity index (χ2n) is 3.71. The van der Waals surface area contributed by atoms with Crippen molar-refractivity contribution in [2.45, 2.75) is 6.54 Å². The zero-order valence-corrected chi connectivity index (χ0v) is 9.63. The van der Waals surface area contributed by atoms with Gasteiger partial charge in [0.15, 0.2) is 11.4 Å². The predicted octanol–water partition coefficient (Wildman–Crippen LogP) is 1.69. The van der Waals surface area contributed by atoms with E-state index in [4.69, 9.17) is 15.8 Å². The molecule has 0 saturated heterocycles. The van der Waals surface area contributed by atoms with Crippen molar-refractivity contribution in [2.75, 3.05) is 0 Å². The standard InChI is InChI=1S/C13H6FN5/c14-11-2-1-9(10(3-11)4-15)7-19-8-18-12(5-16)13(19)6-17/h1-3,8H,7H2. The Bertz CT molecular complexity index is 755. The lowest BCUT2D eigenvalue weighted by Gasteiger charge is -2.06. The number of rotatable bonds is 2. The van der Waals surface area contributed by atoms with E-state index in [0.717, 1.165) is 6.07 Å². The Morgan fingerprint density at radius 2 is 1.95 bits per heavy atom. The predicted molar refractivity (Wildman–Crippen MR) is 61.9 cm³/mol. The lowest BCUT2D eigenvalue weighted by Crippen LogP contribution is -2.03. The van der Waals surface area contributed by atoms with Crippen LogP contribution < -0.4 is 0 Å². The van der Waals surface area contributed by atoms with E-state index in [2.05, 4.69) is 4.98 Å². The maximum atomic E-state index is 13.0. The number of nitriles is 3. The average Bonchev–Trinajstić information content (AvgIpc) is 2.82. The molecule has 1 aromatic heterocycles. The van der Waals surface area contributed by atoms with E-state index >= 15 is 0 Å². The van der Waals surface area contributed by atoms with Crippen LogP contribution >= 0.6 is 0 Å². The van der Waals surface area contributed by atoms with Crippen LogP contribution in [-0.2, 0) is 6.54 Å². The zero-order chi connectivity index (χ0) is 13.8. The molecular formula is C13H6FN5. The molecule has 19 heavy (non-hydrogen) atoms. The van der Waals surface area contributed by atoms with E-state index < -0.39 is 5.82 Å². The van der Waals surface area contributed by atoms with Gasteiger partial charge in [-0.3, -0.25) is 0 Å². The topological polar surface area (TPSA) is 89.2 Å². The quantitative estimate of drug-likeness (QED) is 0.812. The van der Waals surface area contributed by atoms with Crippen LogP contribution in [0, 0.1) is 39.8 Å². The first-order valence-electron chi connectivity index (χ1n) is 5.23. The number of halogens is 1. The van der Waals surface area contributed by atoms with Crippen molar-refractivity contribution in [3.8, 4) is 18.2 Å². The molecule has 0 aliphatic rings. The molecule has 2 aromatic rings. The summed E-state index contributed by atoms with van der Waals surface area (Å²) in [6.07, 6.45) is 1.35. The van der Waals surface area contributed by atoms with Crippen LogP contribution in [-0.4, -0.2) is 9.55 Å². The average molecular weight is 251 g/mol. The van der Waals surface area contributed by atoms with Crippen LogP contribution in [0.1, 0.15) is 22.5 Å². The third-order valence-corrected chi connectivity index (χ3v) is 2.58. The van der Waals surface area contributed by atoms with E-state index in [1.54, 1.807) is 0 Å². The fourth-order valence-corrected chi connectivity index (χ4v) is 1.68. The first-order chi connectivity index (χ1) is 9.19. The summed E-state index contributed by atoms with van der Waals surface area (Å²) in [6, 6.07) is 9.43. The van der Waals surface area contributed by atoms with Crippen molar-refractivity contribution >= 4 is 0 Å². The molecule has 0 radical (unpaired) electrons. The number of imidazole rings is 1. The fourth-order valence-electron chi connectivity index (χ4n) is 1.68.